The van der Waals surface area contributed by atoms with Crippen molar-refractivity contribution < 1.29 is 8.42 Å². The Bertz CT molecular complexity index is 274. The Balaban J connectivity index is 2.86. The van der Waals surface area contributed by atoms with Crippen molar-refractivity contribution in [2.24, 2.45) is 4.40 Å². The maximum Gasteiger partial charge on any atom is 0.253 e. The molecule has 0 unspecified atom stereocenters. The van der Waals surface area contributed by atoms with Gasteiger partial charge >= 0.3 is 0 Å². The van der Waals surface area contributed by atoms with Gasteiger partial charge in [0, 0.05) is 6.42 Å². The van der Waals surface area contributed by atoms with Crippen LogP contribution in [0.4, 0.5) is 0 Å². The summed E-state index contributed by atoms with van der Waals surface area (Å²) in [7, 11) is -3.08. The van der Waals surface area contributed by atoms with Crippen LogP contribution in [-0.4, -0.2) is 19.9 Å². The van der Waals surface area contributed by atoms with Gasteiger partial charge in [0.05, 0.1) is 11.5 Å². The average Bonchev–Trinajstić information content (AvgIpc) is 2.12. The van der Waals surface area contributed by atoms with Crippen molar-refractivity contribution in [3.05, 3.63) is 12.2 Å². The molecule has 0 atom stereocenters. The van der Waals surface area contributed by atoms with E-state index < -0.39 is 10.0 Å². The maximum atomic E-state index is 10.7. The highest BCUT2D eigenvalue weighted by atomic mass is 32.2. The summed E-state index contributed by atoms with van der Waals surface area (Å²) in [6, 6.07) is 0. The van der Waals surface area contributed by atoms with Gasteiger partial charge in [-0.15, -0.1) is 0 Å². The molecule has 0 bridgehead atoms. The summed E-state index contributed by atoms with van der Waals surface area (Å²) < 4.78 is 24.9. The van der Waals surface area contributed by atoms with E-state index in [4.69, 9.17) is 0 Å². The zero-order chi connectivity index (χ0) is 7.61. The molecule has 0 fully saturated rings. The average molecular weight is 159 g/mol. The van der Waals surface area contributed by atoms with E-state index >= 15 is 0 Å². The lowest BCUT2D eigenvalue weighted by Crippen LogP contribution is -1.93. The Morgan fingerprint density at radius 1 is 1.60 bits per heavy atom. The molecule has 0 saturated heterocycles. The summed E-state index contributed by atoms with van der Waals surface area (Å²) in [5.74, 6) is 0.173. The van der Waals surface area contributed by atoms with Crippen molar-refractivity contribution >= 4 is 15.7 Å². The number of allylic oxidation sites excluding steroid dienone is 2. The van der Waals surface area contributed by atoms with Crippen molar-refractivity contribution in [3.8, 4) is 0 Å². The lowest BCUT2D eigenvalue weighted by Gasteiger charge is -1.80. The van der Waals surface area contributed by atoms with Gasteiger partial charge in [-0.1, -0.05) is 6.08 Å². The lowest BCUT2D eigenvalue weighted by molar-refractivity contribution is 0.600. The second kappa shape index (κ2) is 2.54. The largest absolute Gasteiger partial charge is 0.253 e. The fourth-order valence-electron chi connectivity index (χ4n) is 0.810. The Morgan fingerprint density at radius 3 is 2.70 bits per heavy atom. The topological polar surface area (TPSA) is 46.5 Å². The van der Waals surface area contributed by atoms with Crippen molar-refractivity contribution in [1.29, 1.82) is 0 Å². The van der Waals surface area contributed by atoms with Gasteiger partial charge in [0.25, 0.3) is 10.0 Å². The molecule has 1 rings (SSSR count). The van der Waals surface area contributed by atoms with E-state index in [1.807, 2.05) is 6.92 Å². The van der Waals surface area contributed by atoms with E-state index in [0.29, 0.717) is 12.1 Å². The minimum Gasteiger partial charge on any atom is -0.205 e. The number of hydrogen-bond acceptors (Lipinski definition) is 2. The minimum absolute atomic E-state index is 0.173. The van der Waals surface area contributed by atoms with Gasteiger partial charge in [0.2, 0.25) is 0 Å². The highest BCUT2D eigenvalue weighted by molar-refractivity contribution is 7.90. The van der Waals surface area contributed by atoms with Crippen LogP contribution in [0.1, 0.15) is 13.3 Å². The molecule has 0 aromatic heterocycles. The van der Waals surface area contributed by atoms with Crippen LogP contribution in [0.25, 0.3) is 0 Å². The predicted molar refractivity (Wildman–Crippen MR) is 40.7 cm³/mol. The van der Waals surface area contributed by atoms with E-state index in [1.54, 1.807) is 12.2 Å². The first-order valence-corrected chi connectivity index (χ1v) is 4.69. The summed E-state index contributed by atoms with van der Waals surface area (Å²) in [4.78, 5) is 0. The fraction of sp³-hybridized carbons (Fsp3) is 0.500. The van der Waals surface area contributed by atoms with Crippen LogP contribution >= 0.6 is 0 Å². The molecule has 0 spiro atoms. The highest BCUT2D eigenvalue weighted by Gasteiger charge is 2.17. The van der Waals surface area contributed by atoms with Crippen molar-refractivity contribution in [2.45, 2.75) is 13.3 Å². The molecule has 0 aliphatic carbocycles. The van der Waals surface area contributed by atoms with Crippen LogP contribution in [0.2, 0.25) is 0 Å². The molecular weight excluding hydrogens is 150 g/mol. The molecule has 3 nitrogen and oxygen atoms in total. The zero-order valence-electron chi connectivity index (χ0n) is 5.74. The summed E-state index contributed by atoms with van der Waals surface area (Å²) in [6.45, 7) is 1.84. The smallest absolute Gasteiger partial charge is 0.205 e. The highest BCUT2D eigenvalue weighted by Crippen LogP contribution is 2.08. The fourth-order valence-corrected chi connectivity index (χ4v) is 1.88. The van der Waals surface area contributed by atoms with Gasteiger partial charge in [-0.2, -0.15) is 4.40 Å². The molecule has 0 radical (unpaired) electrons. The van der Waals surface area contributed by atoms with Gasteiger partial charge in [-0.25, -0.2) is 8.42 Å². The molecule has 0 aromatic rings. The molecule has 0 aromatic carbocycles. The van der Waals surface area contributed by atoms with Crippen LogP contribution in [0.15, 0.2) is 16.5 Å². The Labute approximate surface area is 60.5 Å². The zero-order valence-corrected chi connectivity index (χ0v) is 6.56. The van der Waals surface area contributed by atoms with Gasteiger partial charge in [0.1, 0.15) is 0 Å². The SMILES string of the molecule is CC=CC1=NS(=O)(=O)CC1. The van der Waals surface area contributed by atoms with Gasteiger partial charge in [-0.3, -0.25) is 0 Å². The van der Waals surface area contributed by atoms with Crippen LogP contribution in [0.5, 0.6) is 0 Å². The Kier molecular flexibility index (Phi) is 1.89. The van der Waals surface area contributed by atoms with Crippen molar-refractivity contribution in [2.75, 3.05) is 5.75 Å². The van der Waals surface area contributed by atoms with Crippen LogP contribution in [0.3, 0.4) is 0 Å². The van der Waals surface area contributed by atoms with Crippen LogP contribution in [0, 0.1) is 0 Å². The van der Waals surface area contributed by atoms with Gasteiger partial charge in [0.15, 0.2) is 0 Å². The summed E-state index contributed by atoms with van der Waals surface area (Å²) >= 11 is 0. The molecule has 0 amide bonds. The van der Waals surface area contributed by atoms with Crippen LogP contribution in [-0.2, 0) is 10.0 Å². The van der Waals surface area contributed by atoms with E-state index in [1.165, 1.54) is 0 Å². The first-order chi connectivity index (χ1) is 4.64. The van der Waals surface area contributed by atoms with Crippen molar-refractivity contribution in [3.63, 3.8) is 0 Å². The molecule has 0 saturated carbocycles. The number of rotatable bonds is 1. The molecule has 1 aliphatic rings. The summed E-state index contributed by atoms with van der Waals surface area (Å²) in [5.41, 5.74) is 0.669. The van der Waals surface area contributed by atoms with E-state index in [0.717, 1.165) is 0 Å². The second-order valence-corrected chi connectivity index (χ2v) is 3.87. The number of hydrogen-bond donors (Lipinski definition) is 0. The number of sulfonamides is 1. The normalized spacial score (nSPS) is 23.5. The van der Waals surface area contributed by atoms with E-state index in [9.17, 15) is 8.42 Å². The summed E-state index contributed by atoms with van der Waals surface area (Å²) in [6.07, 6.45) is 4.08. The number of nitrogens with zero attached hydrogens (tertiary/aromatic N) is 1. The summed E-state index contributed by atoms with van der Waals surface area (Å²) in [5, 5.41) is 0. The van der Waals surface area contributed by atoms with E-state index in [2.05, 4.69) is 4.40 Å². The predicted octanol–water partition coefficient (Wildman–Crippen LogP) is 0.737. The monoisotopic (exact) mass is 159 g/mol. The Hall–Kier alpha value is -0.640. The molecule has 10 heavy (non-hydrogen) atoms. The first-order valence-electron chi connectivity index (χ1n) is 3.08. The lowest BCUT2D eigenvalue weighted by atomic mass is 10.3. The van der Waals surface area contributed by atoms with Crippen LogP contribution < -0.4 is 0 Å². The standard InChI is InChI=1S/C6H9NO2S/c1-2-3-6-4-5-10(8,9)7-6/h2-3H,4-5H2,1H3. The van der Waals surface area contributed by atoms with E-state index in [-0.39, 0.29) is 5.75 Å². The third-order valence-corrected chi connectivity index (χ3v) is 2.46. The van der Waals surface area contributed by atoms with Gasteiger partial charge in [-0.05, 0) is 13.0 Å². The third kappa shape index (κ3) is 1.67. The minimum atomic E-state index is -3.08. The maximum absolute atomic E-state index is 10.7. The first kappa shape index (κ1) is 7.47. The second-order valence-electron chi connectivity index (χ2n) is 2.12. The van der Waals surface area contributed by atoms with Crippen molar-refractivity contribution in [1.82, 2.24) is 0 Å². The Morgan fingerprint density at radius 2 is 2.30 bits per heavy atom. The molecule has 56 valence electrons. The molecule has 0 N–H and O–H groups in total. The molecule has 4 heteroatoms. The molecule has 1 heterocycles. The molecule has 1 aliphatic heterocycles. The third-order valence-electron chi connectivity index (χ3n) is 1.23. The van der Waals surface area contributed by atoms with Gasteiger partial charge < -0.3 is 0 Å². The quantitative estimate of drug-likeness (QED) is 0.566. The molecular formula is C6H9NO2S.